The van der Waals surface area contributed by atoms with E-state index in [-0.39, 0.29) is 0 Å². The first kappa shape index (κ1) is 15.1. The van der Waals surface area contributed by atoms with Crippen LogP contribution in [-0.2, 0) is 0 Å². The van der Waals surface area contributed by atoms with Crippen LogP contribution in [0.3, 0.4) is 0 Å². The van der Waals surface area contributed by atoms with Gasteiger partial charge < -0.3 is 15.0 Å². The number of benzene rings is 1. The van der Waals surface area contributed by atoms with Gasteiger partial charge in [0.15, 0.2) is 0 Å². The summed E-state index contributed by atoms with van der Waals surface area (Å²) in [5.74, 6) is 0.974. The van der Waals surface area contributed by atoms with Gasteiger partial charge in [0.1, 0.15) is 5.75 Å². The summed E-state index contributed by atoms with van der Waals surface area (Å²) in [6, 6.07) is 8.86. The van der Waals surface area contributed by atoms with E-state index in [0.29, 0.717) is 6.04 Å². The minimum atomic E-state index is 0.574. The number of nitrogens with zero attached hydrogens (tertiary/aromatic N) is 2. The third-order valence-corrected chi connectivity index (χ3v) is 3.78. The predicted octanol–water partition coefficient (Wildman–Crippen LogP) is 1.82. The van der Waals surface area contributed by atoms with Crippen molar-refractivity contribution in [2.45, 2.75) is 19.9 Å². The monoisotopic (exact) mass is 277 g/mol. The number of anilines is 1. The number of hydrogen-bond donors (Lipinski definition) is 1. The smallest absolute Gasteiger partial charge is 0.142 e. The van der Waals surface area contributed by atoms with Crippen LogP contribution in [0, 0.1) is 0 Å². The average Bonchev–Trinajstić information content (AvgIpc) is 2.47. The molecule has 0 aromatic heterocycles. The fourth-order valence-corrected chi connectivity index (χ4v) is 2.61. The molecule has 4 nitrogen and oxygen atoms in total. The van der Waals surface area contributed by atoms with Gasteiger partial charge in [0.2, 0.25) is 0 Å². The van der Waals surface area contributed by atoms with Crippen LogP contribution >= 0.6 is 0 Å². The molecular formula is C16H27N3O. The van der Waals surface area contributed by atoms with Crippen molar-refractivity contribution in [2.75, 3.05) is 51.3 Å². The van der Waals surface area contributed by atoms with E-state index in [4.69, 9.17) is 4.74 Å². The summed E-state index contributed by atoms with van der Waals surface area (Å²) < 4.78 is 5.45. The first-order valence-electron chi connectivity index (χ1n) is 7.54. The van der Waals surface area contributed by atoms with E-state index < -0.39 is 0 Å². The summed E-state index contributed by atoms with van der Waals surface area (Å²) in [4.78, 5) is 4.95. The molecule has 0 unspecified atom stereocenters. The molecule has 0 saturated carbocycles. The van der Waals surface area contributed by atoms with Gasteiger partial charge in [-0.05, 0) is 12.1 Å². The molecule has 1 aromatic carbocycles. The second-order valence-electron chi connectivity index (χ2n) is 5.61. The summed E-state index contributed by atoms with van der Waals surface area (Å²) in [6.45, 7) is 11.0. The lowest BCUT2D eigenvalue weighted by Crippen LogP contribution is -2.48. The van der Waals surface area contributed by atoms with E-state index in [9.17, 15) is 0 Å². The highest BCUT2D eigenvalue weighted by molar-refractivity contribution is 5.58. The minimum absolute atomic E-state index is 0.574. The zero-order valence-corrected chi connectivity index (χ0v) is 12.9. The highest BCUT2D eigenvalue weighted by atomic mass is 16.5. The first-order valence-corrected chi connectivity index (χ1v) is 7.54. The highest BCUT2D eigenvalue weighted by Crippen LogP contribution is 2.28. The second-order valence-corrected chi connectivity index (χ2v) is 5.61. The second kappa shape index (κ2) is 7.50. The summed E-state index contributed by atoms with van der Waals surface area (Å²) >= 11 is 0. The van der Waals surface area contributed by atoms with E-state index >= 15 is 0 Å². The molecule has 0 atom stereocenters. The molecule has 1 aliphatic heterocycles. The molecule has 1 heterocycles. The summed E-state index contributed by atoms with van der Waals surface area (Å²) in [6.07, 6.45) is 0. The lowest BCUT2D eigenvalue weighted by atomic mass is 10.2. The standard InChI is InChI=1S/C16H27N3O/c1-14(2)17-8-9-18-10-12-19(13-11-18)15-6-4-5-7-16(15)20-3/h4-7,14,17H,8-13H2,1-3H3. The molecule has 0 amide bonds. The highest BCUT2D eigenvalue weighted by Gasteiger charge is 2.18. The average molecular weight is 277 g/mol. The topological polar surface area (TPSA) is 27.7 Å². The molecule has 1 aliphatic rings. The predicted molar refractivity (Wildman–Crippen MR) is 84.8 cm³/mol. The van der Waals surface area contributed by atoms with Crippen molar-refractivity contribution in [3.05, 3.63) is 24.3 Å². The number of piperazine rings is 1. The number of methoxy groups -OCH3 is 1. The van der Waals surface area contributed by atoms with Crippen LogP contribution in [0.2, 0.25) is 0 Å². The molecule has 20 heavy (non-hydrogen) atoms. The van der Waals surface area contributed by atoms with Gasteiger partial charge in [0, 0.05) is 45.3 Å². The maximum atomic E-state index is 5.45. The number of hydrogen-bond acceptors (Lipinski definition) is 4. The van der Waals surface area contributed by atoms with Crippen LogP contribution in [-0.4, -0.2) is 57.3 Å². The molecule has 1 fully saturated rings. The molecule has 1 saturated heterocycles. The van der Waals surface area contributed by atoms with Crippen molar-refractivity contribution in [1.82, 2.24) is 10.2 Å². The van der Waals surface area contributed by atoms with Crippen molar-refractivity contribution < 1.29 is 4.74 Å². The Morgan fingerprint density at radius 1 is 1.15 bits per heavy atom. The van der Waals surface area contributed by atoms with E-state index in [1.54, 1.807) is 7.11 Å². The van der Waals surface area contributed by atoms with E-state index in [0.717, 1.165) is 45.0 Å². The third-order valence-electron chi connectivity index (χ3n) is 3.78. The maximum Gasteiger partial charge on any atom is 0.142 e. The minimum Gasteiger partial charge on any atom is -0.495 e. The Labute approximate surface area is 122 Å². The quantitative estimate of drug-likeness (QED) is 0.858. The summed E-state index contributed by atoms with van der Waals surface area (Å²) in [5.41, 5.74) is 1.22. The normalized spacial score (nSPS) is 16.7. The summed E-state index contributed by atoms with van der Waals surface area (Å²) in [7, 11) is 1.74. The van der Waals surface area contributed by atoms with Crippen LogP contribution < -0.4 is 15.0 Å². The molecule has 1 aromatic rings. The number of rotatable bonds is 6. The lowest BCUT2D eigenvalue weighted by molar-refractivity contribution is 0.254. The molecule has 0 aliphatic carbocycles. The number of ether oxygens (including phenoxy) is 1. The maximum absolute atomic E-state index is 5.45. The van der Waals surface area contributed by atoms with Crippen LogP contribution in [0.4, 0.5) is 5.69 Å². The Morgan fingerprint density at radius 3 is 2.50 bits per heavy atom. The van der Waals surface area contributed by atoms with Crippen molar-refractivity contribution in [2.24, 2.45) is 0 Å². The third kappa shape index (κ3) is 4.12. The molecule has 112 valence electrons. The first-order chi connectivity index (χ1) is 9.70. The van der Waals surface area contributed by atoms with Gasteiger partial charge in [0.05, 0.1) is 12.8 Å². The van der Waals surface area contributed by atoms with Gasteiger partial charge in [-0.25, -0.2) is 0 Å². The van der Waals surface area contributed by atoms with Gasteiger partial charge in [-0.3, -0.25) is 4.90 Å². The molecule has 4 heteroatoms. The van der Waals surface area contributed by atoms with Crippen LogP contribution in [0.1, 0.15) is 13.8 Å². The zero-order chi connectivity index (χ0) is 14.4. The lowest BCUT2D eigenvalue weighted by Gasteiger charge is -2.36. The van der Waals surface area contributed by atoms with Gasteiger partial charge >= 0.3 is 0 Å². The molecular weight excluding hydrogens is 250 g/mol. The van der Waals surface area contributed by atoms with E-state index in [1.807, 2.05) is 12.1 Å². The fourth-order valence-electron chi connectivity index (χ4n) is 2.61. The van der Waals surface area contributed by atoms with E-state index in [1.165, 1.54) is 5.69 Å². The van der Waals surface area contributed by atoms with Crippen LogP contribution in [0.25, 0.3) is 0 Å². The van der Waals surface area contributed by atoms with E-state index in [2.05, 4.69) is 41.1 Å². The molecule has 0 radical (unpaired) electrons. The Bertz CT molecular complexity index is 400. The largest absolute Gasteiger partial charge is 0.495 e. The number of para-hydroxylation sites is 2. The Hall–Kier alpha value is -1.26. The van der Waals surface area contributed by atoms with Gasteiger partial charge in [0.25, 0.3) is 0 Å². The Kier molecular flexibility index (Phi) is 5.68. The molecule has 2 rings (SSSR count). The SMILES string of the molecule is COc1ccccc1N1CCN(CCNC(C)C)CC1. The zero-order valence-electron chi connectivity index (χ0n) is 12.9. The van der Waals surface area contributed by atoms with Gasteiger partial charge in [-0.1, -0.05) is 26.0 Å². The van der Waals surface area contributed by atoms with Gasteiger partial charge in [-0.15, -0.1) is 0 Å². The van der Waals surface area contributed by atoms with Crippen molar-refractivity contribution in [3.8, 4) is 5.75 Å². The molecule has 0 bridgehead atoms. The Balaban J connectivity index is 1.82. The Morgan fingerprint density at radius 2 is 1.85 bits per heavy atom. The summed E-state index contributed by atoms with van der Waals surface area (Å²) in [5, 5.41) is 3.48. The molecule has 0 spiro atoms. The number of nitrogens with one attached hydrogen (secondary N) is 1. The van der Waals surface area contributed by atoms with Crippen molar-refractivity contribution in [3.63, 3.8) is 0 Å². The molecule has 1 N–H and O–H groups in total. The van der Waals surface area contributed by atoms with Crippen LogP contribution in [0.5, 0.6) is 5.75 Å². The van der Waals surface area contributed by atoms with Crippen molar-refractivity contribution >= 4 is 5.69 Å². The van der Waals surface area contributed by atoms with Gasteiger partial charge in [-0.2, -0.15) is 0 Å². The van der Waals surface area contributed by atoms with Crippen molar-refractivity contribution in [1.29, 1.82) is 0 Å². The fraction of sp³-hybridized carbons (Fsp3) is 0.625. The van der Waals surface area contributed by atoms with Crippen LogP contribution in [0.15, 0.2) is 24.3 Å².